The van der Waals surface area contributed by atoms with E-state index in [-0.39, 0.29) is 35.4 Å². The minimum absolute atomic E-state index is 0.0291. The summed E-state index contributed by atoms with van der Waals surface area (Å²) in [7, 11) is 1.63. The molecular weight excluding hydrogens is 388 g/mol. The lowest BCUT2D eigenvalue weighted by Gasteiger charge is -2.25. The molecule has 0 bridgehead atoms. The fourth-order valence-electron chi connectivity index (χ4n) is 3.87. The number of ether oxygens (including phenoxy) is 1. The van der Waals surface area contributed by atoms with Gasteiger partial charge in [-0.3, -0.25) is 19.3 Å². The van der Waals surface area contributed by atoms with Crippen LogP contribution in [0.5, 0.6) is 5.75 Å². The van der Waals surface area contributed by atoms with Crippen molar-refractivity contribution in [1.29, 1.82) is 0 Å². The highest BCUT2D eigenvalue weighted by Crippen LogP contribution is 2.34. The Morgan fingerprint density at radius 1 is 1.17 bits per heavy atom. The molecule has 2 saturated heterocycles. The first kappa shape index (κ1) is 19.5. The van der Waals surface area contributed by atoms with Gasteiger partial charge < -0.3 is 9.64 Å². The Bertz CT molecular complexity index is 928. The van der Waals surface area contributed by atoms with E-state index in [1.165, 1.54) is 4.90 Å². The molecule has 6 nitrogen and oxygen atoms in total. The summed E-state index contributed by atoms with van der Waals surface area (Å²) >= 11 is 1.02. The van der Waals surface area contributed by atoms with Crippen molar-refractivity contribution in [2.45, 2.75) is 25.4 Å². The average Bonchev–Trinajstić information content (AvgIpc) is 3.36. The van der Waals surface area contributed by atoms with E-state index in [9.17, 15) is 14.4 Å². The lowest BCUT2D eigenvalue weighted by molar-refractivity contribution is -0.125. The summed E-state index contributed by atoms with van der Waals surface area (Å²) in [5.74, 6) is 0.769. The Labute approximate surface area is 173 Å². The lowest BCUT2D eigenvalue weighted by atomic mass is 10.0. The van der Waals surface area contributed by atoms with E-state index in [2.05, 4.69) is 0 Å². The number of amides is 3. The van der Waals surface area contributed by atoms with Crippen molar-refractivity contribution in [3.05, 3.63) is 65.2 Å². The zero-order chi connectivity index (χ0) is 20.4. The van der Waals surface area contributed by atoms with Crippen molar-refractivity contribution in [2.24, 2.45) is 0 Å². The lowest BCUT2D eigenvalue weighted by Crippen LogP contribution is -2.31. The normalized spacial score (nSPS) is 19.1. The number of imide groups is 1. The smallest absolute Gasteiger partial charge is 0.289 e. The van der Waals surface area contributed by atoms with Crippen LogP contribution in [0.15, 0.2) is 48.5 Å². The van der Waals surface area contributed by atoms with Crippen LogP contribution in [0, 0.1) is 0 Å². The molecule has 0 saturated carbocycles. The first-order valence-corrected chi connectivity index (χ1v) is 10.6. The number of carbonyl (C=O) groups is 3. The van der Waals surface area contributed by atoms with Crippen molar-refractivity contribution in [3.63, 3.8) is 0 Å². The third-order valence-corrected chi connectivity index (χ3v) is 6.23. The quantitative estimate of drug-likeness (QED) is 0.749. The van der Waals surface area contributed by atoms with Crippen molar-refractivity contribution >= 4 is 28.8 Å². The number of hydrogen-bond donors (Lipinski definition) is 0. The van der Waals surface area contributed by atoms with E-state index in [1.807, 2.05) is 35.2 Å². The molecule has 150 valence electrons. The molecule has 0 aliphatic carbocycles. The molecule has 1 atom stereocenters. The van der Waals surface area contributed by atoms with Gasteiger partial charge in [-0.05, 0) is 48.2 Å². The van der Waals surface area contributed by atoms with E-state index in [0.29, 0.717) is 12.1 Å². The largest absolute Gasteiger partial charge is 0.497 e. The maximum atomic E-state index is 13.2. The van der Waals surface area contributed by atoms with Crippen LogP contribution in [0.3, 0.4) is 0 Å². The molecule has 2 aromatic rings. The summed E-state index contributed by atoms with van der Waals surface area (Å²) in [4.78, 5) is 40.1. The standard InChI is InChI=1S/C22H22N2O4S/c1-28-18-9-7-16(8-10-18)19-6-3-11-23(19)21(26)17-5-2-4-15(12-17)13-24-20(25)14-29-22(24)27/h2,4-5,7-10,12,19H,3,6,11,13-14H2,1H3/t19-/m1/s1. The molecule has 2 fully saturated rings. The maximum Gasteiger partial charge on any atom is 0.289 e. The molecule has 2 aliphatic heterocycles. The summed E-state index contributed by atoms with van der Waals surface area (Å²) < 4.78 is 5.22. The van der Waals surface area contributed by atoms with Gasteiger partial charge in [-0.2, -0.15) is 0 Å². The predicted molar refractivity (Wildman–Crippen MR) is 111 cm³/mol. The number of methoxy groups -OCH3 is 1. The molecule has 2 aliphatic rings. The van der Waals surface area contributed by atoms with Crippen LogP contribution in [0.1, 0.15) is 40.4 Å². The Morgan fingerprint density at radius 2 is 1.97 bits per heavy atom. The van der Waals surface area contributed by atoms with Gasteiger partial charge in [0.25, 0.3) is 11.1 Å². The summed E-state index contributed by atoms with van der Waals surface area (Å²) in [6.07, 6.45) is 1.88. The van der Waals surface area contributed by atoms with Gasteiger partial charge >= 0.3 is 0 Å². The monoisotopic (exact) mass is 410 g/mol. The number of likely N-dealkylation sites (tertiary alicyclic amines) is 1. The van der Waals surface area contributed by atoms with Gasteiger partial charge in [0.15, 0.2) is 0 Å². The Kier molecular flexibility index (Phi) is 5.58. The zero-order valence-corrected chi connectivity index (χ0v) is 17.0. The Hall–Kier alpha value is -2.80. The number of rotatable bonds is 5. The highest BCUT2D eigenvalue weighted by molar-refractivity contribution is 8.14. The second-order valence-electron chi connectivity index (χ2n) is 7.16. The molecule has 0 radical (unpaired) electrons. The molecule has 2 heterocycles. The minimum atomic E-state index is -0.231. The number of hydrogen-bond acceptors (Lipinski definition) is 5. The van der Waals surface area contributed by atoms with Crippen molar-refractivity contribution < 1.29 is 19.1 Å². The third-order valence-electron chi connectivity index (χ3n) is 5.37. The molecule has 0 unspecified atom stereocenters. The second kappa shape index (κ2) is 8.29. The van der Waals surface area contributed by atoms with Crippen LogP contribution in [-0.2, 0) is 11.3 Å². The van der Waals surface area contributed by atoms with Crippen LogP contribution in [0.25, 0.3) is 0 Å². The first-order chi connectivity index (χ1) is 14.1. The molecule has 0 spiro atoms. The van der Waals surface area contributed by atoms with E-state index < -0.39 is 0 Å². The number of benzene rings is 2. The van der Waals surface area contributed by atoms with Gasteiger partial charge in [0, 0.05) is 12.1 Å². The molecule has 29 heavy (non-hydrogen) atoms. The molecule has 3 amide bonds. The molecular formula is C22H22N2O4S. The Balaban J connectivity index is 1.52. The first-order valence-electron chi connectivity index (χ1n) is 9.58. The number of thioether (sulfide) groups is 1. The molecule has 7 heteroatoms. The van der Waals surface area contributed by atoms with Crippen LogP contribution >= 0.6 is 11.8 Å². The van der Waals surface area contributed by atoms with Gasteiger partial charge in [-0.25, -0.2) is 0 Å². The molecule has 0 aromatic heterocycles. The fourth-order valence-corrected chi connectivity index (χ4v) is 4.59. The zero-order valence-electron chi connectivity index (χ0n) is 16.2. The van der Waals surface area contributed by atoms with Crippen LogP contribution < -0.4 is 4.74 Å². The van der Waals surface area contributed by atoms with Crippen LogP contribution in [0.4, 0.5) is 4.79 Å². The average molecular weight is 410 g/mol. The van der Waals surface area contributed by atoms with Gasteiger partial charge in [-0.15, -0.1) is 0 Å². The van der Waals surface area contributed by atoms with Crippen LogP contribution in [-0.4, -0.2) is 46.3 Å². The number of nitrogens with zero attached hydrogens (tertiary/aromatic N) is 2. The SMILES string of the molecule is COc1ccc([C@H]2CCCN2C(=O)c2cccc(CN3C(=O)CSC3=O)c2)cc1. The minimum Gasteiger partial charge on any atom is -0.497 e. The molecule has 2 aromatic carbocycles. The van der Waals surface area contributed by atoms with E-state index in [4.69, 9.17) is 4.74 Å². The highest BCUT2D eigenvalue weighted by Gasteiger charge is 2.32. The summed E-state index contributed by atoms with van der Waals surface area (Å²) in [6, 6.07) is 15.1. The van der Waals surface area contributed by atoms with Crippen LogP contribution in [0.2, 0.25) is 0 Å². The Morgan fingerprint density at radius 3 is 2.66 bits per heavy atom. The van der Waals surface area contributed by atoms with Gasteiger partial charge in [-0.1, -0.05) is 36.0 Å². The summed E-state index contributed by atoms with van der Waals surface area (Å²) in [5.41, 5.74) is 2.45. The molecule has 4 rings (SSSR count). The van der Waals surface area contributed by atoms with Gasteiger partial charge in [0.1, 0.15) is 5.75 Å². The second-order valence-corrected chi connectivity index (χ2v) is 8.09. The van der Waals surface area contributed by atoms with Crippen molar-refractivity contribution in [2.75, 3.05) is 19.4 Å². The van der Waals surface area contributed by atoms with E-state index in [0.717, 1.165) is 41.5 Å². The fraction of sp³-hybridized carbons (Fsp3) is 0.318. The molecule has 0 N–H and O–H groups in total. The third kappa shape index (κ3) is 4.00. The van der Waals surface area contributed by atoms with E-state index >= 15 is 0 Å². The van der Waals surface area contributed by atoms with Gasteiger partial charge in [0.05, 0.1) is 25.4 Å². The summed E-state index contributed by atoms with van der Waals surface area (Å²) in [5, 5.41) is -0.231. The van der Waals surface area contributed by atoms with E-state index in [1.54, 1.807) is 25.3 Å². The number of carbonyl (C=O) groups excluding carboxylic acids is 3. The highest BCUT2D eigenvalue weighted by atomic mass is 32.2. The predicted octanol–water partition coefficient (Wildman–Crippen LogP) is 3.87. The maximum absolute atomic E-state index is 13.2. The topological polar surface area (TPSA) is 66.9 Å². The van der Waals surface area contributed by atoms with Crippen molar-refractivity contribution in [1.82, 2.24) is 9.80 Å². The van der Waals surface area contributed by atoms with Gasteiger partial charge in [0.2, 0.25) is 5.91 Å². The van der Waals surface area contributed by atoms with Crippen molar-refractivity contribution in [3.8, 4) is 5.75 Å². The summed E-state index contributed by atoms with van der Waals surface area (Å²) in [6.45, 7) is 0.910.